The zero-order valence-corrected chi connectivity index (χ0v) is 23.9. The molecule has 0 radical (unpaired) electrons. The number of hydrogen-bond acceptors (Lipinski definition) is 6. The Kier molecular flexibility index (Phi) is 10.8. The molecule has 3 unspecified atom stereocenters. The normalized spacial score (nSPS) is 19.1. The lowest BCUT2D eigenvalue weighted by Gasteiger charge is -2.28. The number of hydrogen-bond donors (Lipinski definition) is 4. The lowest BCUT2D eigenvalue weighted by molar-refractivity contribution is -0.141. The van der Waals surface area contributed by atoms with E-state index in [1.54, 1.807) is 19.1 Å². The van der Waals surface area contributed by atoms with Crippen LogP contribution >= 0.6 is 0 Å². The van der Waals surface area contributed by atoms with Crippen molar-refractivity contribution in [2.45, 2.75) is 96.9 Å². The van der Waals surface area contributed by atoms with Crippen molar-refractivity contribution in [3.8, 4) is 5.75 Å². The number of ether oxygens (including phenoxy) is 1. The summed E-state index contributed by atoms with van der Waals surface area (Å²) in [5.41, 5.74) is 0.216. The van der Waals surface area contributed by atoms with E-state index in [4.69, 9.17) is 0 Å². The molecule has 3 rings (SSSR count). The summed E-state index contributed by atoms with van der Waals surface area (Å²) < 4.78 is 29.7. The first-order valence-corrected chi connectivity index (χ1v) is 14.0. The Morgan fingerprint density at radius 2 is 1.78 bits per heavy atom. The molecule has 1 aromatic carbocycles. The second-order valence-corrected chi connectivity index (χ2v) is 12.1. The van der Waals surface area contributed by atoms with Gasteiger partial charge in [-0.15, -0.1) is 0 Å². The van der Waals surface area contributed by atoms with Crippen molar-refractivity contribution in [3.63, 3.8) is 0 Å². The summed E-state index contributed by atoms with van der Waals surface area (Å²) in [5.74, 6) is -3.89. The number of rotatable bonds is 14. The van der Waals surface area contributed by atoms with Gasteiger partial charge in [0, 0.05) is 24.9 Å². The van der Waals surface area contributed by atoms with Crippen LogP contribution in [0.1, 0.15) is 77.7 Å². The number of alkyl halides is 2. The number of halogens is 2. The van der Waals surface area contributed by atoms with Crippen LogP contribution < -0.4 is 26.0 Å². The summed E-state index contributed by atoms with van der Waals surface area (Å²) >= 11 is 0. The summed E-state index contributed by atoms with van der Waals surface area (Å²) in [6.45, 7) is 4.91. The first-order valence-electron chi connectivity index (χ1n) is 14.0. The predicted molar refractivity (Wildman–Crippen MR) is 146 cm³/mol. The van der Waals surface area contributed by atoms with Crippen molar-refractivity contribution in [2.75, 3.05) is 6.54 Å². The molecule has 0 aromatic heterocycles. The van der Waals surface area contributed by atoms with E-state index in [9.17, 15) is 32.8 Å². The van der Waals surface area contributed by atoms with Crippen LogP contribution in [0.4, 0.5) is 8.78 Å². The largest absolute Gasteiger partial charge is 0.435 e. The van der Waals surface area contributed by atoms with Crippen LogP contribution in [0, 0.1) is 11.3 Å². The topological polar surface area (TPSA) is 143 Å². The van der Waals surface area contributed by atoms with E-state index in [0.717, 1.165) is 12.8 Å². The second-order valence-electron chi connectivity index (χ2n) is 12.1. The minimum atomic E-state index is -2.97. The lowest BCUT2D eigenvalue weighted by Crippen LogP contribution is -2.55. The van der Waals surface area contributed by atoms with Crippen LogP contribution in [0.2, 0.25) is 0 Å². The summed E-state index contributed by atoms with van der Waals surface area (Å²) in [6, 6.07) is 3.76. The summed E-state index contributed by atoms with van der Waals surface area (Å²) in [6.07, 6.45) is 2.20. The number of carbonyl (C=O) groups excluding carboxylic acids is 5. The molecule has 1 saturated heterocycles. The van der Waals surface area contributed by atoms with Gasteiger partial charge in [0.25, 0.3) is 5.91 Å². The molecule has 2 fully saturated rings. The third-order valence-corrected chi connectivity index (χ3v) is 7.06. The molecule has 1 heterocycles. The van der Waals surface area contributed by atoms with E-state index in [1.165, 1.54) is 12.1 Å². The number of benzene rings is 1. The minimum absolute atomic E-state index is 0.0212. The van der Waals surface area contributed by atoms with Crippen molar-refractivity contribution in [3.05, 3.63) is 29.8 Å². The minimum Gasteiger partial charge on any atom is -0.435 e. The van der Waals surface area contributed by atoms with E-state index in [2.05, 4.69) is 26.0 Å². The maximum Gasteiger partial charge on any atom is 0.387 e. The molecule has 1 aliphatic carbocycles. The Bertz CT molecular complexity index is 1130. The van der Waals surface area contributed by atoms with Crippen LogP contribution in [0.25, 0.3) is 0 Å². The van der Waals surface area contributed by atoms with Gasteiger partial charge in [-0.05, 0) is 61.1 Å². The molecule has 0 spiro atoms. The van der Waals surface area contributed by atoms with Crippen LogP contribution in [0.5, 0.6) is 5.75 Å². The first-order chi connectivity index (χ1) is 19.2. The molecule has 4 atom stereocenters. The van der Waals surface area contributed by atoms with Gasteiger partial charge in [0.05, 0.1) is 6.04 Å². The zero-order valence-electron chi connectivity index (χ0n) is 23.9. The van der Waals surface area contributed by atoms with Crippen LogP contribution in [-0.2, 0) is 24.0 Å². The highest BCUT2D eigenvalue weighted by Crippen LogP contribution is 2.26. The van der Waals surface area contributed by atoms with E-state index in [1.807, 2.05) is 20.8 Å². The Balaban J connectivity index is 1.71. The highest BCUT2D eigenvalue weighted by Gasteiger charge is 2.37. The Morgan fingerprint density at radius 3 is 2.37 bits per heavy atom. The average Bonchev–Trinajstić information content (AvgIpc) is 3.60. The molecule has 2 aliphatic rings. The highest BCUT2D eigenvalue weighted by molar-refractivity contribution is 6.38. The maximum atomic E-state index is 13.5. The van der Waals surface area contributed by atoms with Crippen LogP contribution in [-0.4, -0.2) is 60.7 Å². The highest BCUT2D eigenvalue weighted by atomic mass is 19.3. The zero-order chi connectivity index (χ0) is 30.3. The molecular weight excluding hydrogens is 538 g/mol. The molecule has 4 N–H and O–H groups in total. The molecule has 1 aliphatic heterocycles. The number of nitrogens with one attached hydrogen (secondary N) is 4. The molecule has 1 aromatic rings. The van der Waals surface area contributed by atoms with E-state index in [0.29, 0.717) is 18.5 Å². The van der Waals surface area contributed by atoms with Gasteiger partial charge in [-0.2, -0.15) is 8.78 Å². The SMILES string of the molecule is CC(CC(=O)N[C@@H](CC(C)(C)C)C(=O)NC(CC1CCNC1=O)C(=O)C(=O)NC1CC1)c1cccc(OC(F)F)c1. The van der Waals surface area contributed by atoms with Gasteiger partial charge in [-0.3, -0.25) is 24.0 Å². The third-order valence-electron chi connectivity index (χ3n) is 7.06. The van der Waals surface area contributed by atoms with Crippen molar-refractivity contribution in [1.82, 2.24) is 21.3 Å². The average molecular weight is 579 g/mol. The fourth-order valence-corrected chi connectivity index (χ4v) is 4.77. The number of amides is 4. The van der Waals surface area contributed by atoms with Gasteiger partial charge in [0.15, 0.2) is 0 Å². The predicted octanol–water partition coefficient (Wildman–Crippen LogP) is 2.56. The van der Waals surface area contributed by atoms with E-state index in [-0.39, 0.29) is 42.9 Å². The monoisotopic (exact) mass is 578 g/mol. The number of carbonyl (C=O) groups is 5. The summed E-state index contributed by atoms with van der Waals surface area (Å²) in [7, 11) is 0. The van der Waals surface area contributed by atoms with Gasteiger partial charge in [0.1, 0.15) is 11.8 Å². The Labute approximate surface area is 238 Å². The quantitative estimate of drug-likeness (QED) is 0.250. The van der Waals surface area contributed by atoms with Gasteiger partial charge in [-0.1, -0.05) is 39.8 Å². The maximum absolute atomic E-state index is 13.5. The molecular formula is C29H40F2N4O6. The second kappa shape index (κ2) is 13.9. The summed E-state index contributed by atoms with van der Waals surface area (Å²) in [4.78, 5) is 64.3. The van der Waals surface area contributed by atoms with Gasteiger partial charge in [-0.25, -0.2) is 0 Å². The Hall–Kier alpha value is -3.57. The number of ketones is 1. The Morgan fingerprint density at radius 1 is 1.07 bits per heavy atom. The van der Waals surface area contributed by atoms with Crippen molar-refractivity contribution < 1.29 is 37.5 Å². The fraction of sp³-hybridized carbons (Fsp3) is 0.621. The van der Waals surface area contributed by atoms with Crippen LogP contribution in [0.3, 0.4) is 0 Å². The van der Waals surface area contributed by atoms with Gasteiger partial charge < -0.3 is 26.0 Å². The molecule has 1 saturated carbocycles. The lowest BCUT2D eigenvalue weighted by atomic mass is 9.87. The standard InChI is InChI=1S/C29H40F2N4O6/c1-16(17-6-5-7-20(13-17)41-28(30)31)12-23(36)34-22(15-29(2,3)4)26(39)35-21(14-18-10-11-32-25(18)38)24(37)27(40)33-19-8-9-19/h5-7,13,16,18-19,21-22,28H,8-12,14-15H2,1-4H3,(H,32,38)(H,33,40)(H,34,36)(H,35,39)/t16?,18?,21?,22-/m0/s1. The molecule has 10 nitrogen and oxygen atoms in total. The molecule has 4 amide bonds. The van der Waals surface area contributed by atoms with E-state index >= 15 is 0 Å². The smallest absolute Gasteiger partial charge is 0.387 e. The fourth-order valence-electron chi connectivity index (χ4n) is 4.77. The van der Waals surface area contributed by atoms with Crippen molar-refractivity contribution >= 4 is 29.4 Å². The summed E-state index contributed by atoms with van der Waals surface area (Å²) in [5, 5.41) is 10.7. The molecule has 12 heteroatoms. The van der Waals surface area contributed by atoms with Crippen molar-refractivity contribution in [2.24, 2.45) is 11.3 Å². The molecule has 0 bridgehead atoms. The van der Waals surface area contributed by atoms with Crippen LogP contribution in [0.15, 0.2) is 24.3 Å². The third kappa shape index (κ3) is 10.4. The number of Topliss-reactive ketones (excluding diaryl/α,β-unsaturated/α-hetero) is 1. The van der Waals surface area contributed by atoms with E-state index < -0.39 is 53.5 Å². The van der Waals surface area contributed by atoms with Gasteiger partial charge >= 0.3 is 6.61 Å². The molecule has 226 valence electrons. The molecule has 41 heavy (non-hydrogen) atoms. The van der Waals surface area contributed by atoms with Gasteiger partial charge in [0.2, 0.25) is 23.5 Å². The first kappa shape index (κ1) is 32.0. The van der Waals surface area contributed by atoms with Crippen molar-refractivity contribution in [1.29, 1.82) is 0 Å².